The summed E-state index contributed by atoms with van der Waals surface area (Å²) in [6.45, 7) is 5.92. The zero-order chi connectivity index (χ0) is 7.49. The van der Waals surface area contributed by atoms with E-state index in [-0.39, 0.29) is 10.9 Å². The van der Waals surface area contributed by atoms with Gasteiger partial charge in [0.1, 0.15) is 0 Å². The van der Waals surface area contributed by atoms with Gasteiger partial charge in [0.15, 0.2) is 0 Å². The summed E-state index contributed by atoms with van der Waals surface area (Å²) in [7, 11) is 0. The van der Waals surface area contributed by atoms with Crippen LogP contribution in [0.1, 0.15) is 33.6 Å². The molecule has 0 aliphatic rings. The van der Waals surface area contributed by atoms with Gasteiger partial charge in [0.25, 0.3) is 0 Å². The molecule has 1 N–H and O–H groups in total. The molecule has 9 heavy (non-hydrogen) atoms. The molecule has 0 rings (SSSR count). The predicted octanol–water partition coefficient (Wildman–Crippen LogP) is 1.86. The first kappa shape index (κ1) is 9.31. The standard InChI is InChI=1S/C7H16OS/c1-4-7(3,9)5-6(2)8/h6,8-9H,4-5H2,1-3H3. The first-order valence-corrected chi connectivity index (χ1v) is 3.83. The first-order chi connectivity index (χ1) is 3.98. The van der Waals surface area contributed by atoms with Crippen LogP contribution in [0.25, 0.3) is 0 Å². The predicted molar refractivity (Wildman–Crippen MR) is 44.0 cm³/mol. The lowest BCUT2D eigenvalue weighted by atomic mass is 10.0. The largest absolute Gasteiger partial charge is 0.393 e. The fourth-order valence-electron chi connectivity index (χ4n) is 0.781. The Morgan fingerprint density at radius 3 is 2.22 bits per heavy atom. The fraction of sp³-hybridized carbons (Fsp3) is 1.00. The lowest BCUT2D eigenvalue weighted by molar-refractivity contribution is 0.171. The van der Waals surface area contributed by atoms with Crippen LogP contribution in [-0.2, 0) is 0 Å². The van der Waals surface area contributed by atoms with Gasteiger partial charge in [-0.15, -0.1) is 0 Å². The van der Waals surface area contributed by atoms with Crippen molar-refractivity contribution in [2.45, 2.75) is 44.5 Å². The quantitative estimate of drug-likeness (QED) is 0.585. The SMILES string of the molecule is CCC(C)(S)CC(C)O. The number of hydrogen-bond donors (Lipinski definition) is 2. The van der Waals surface area contributed by atoms with Crippen LogP contribution in [0.5, 0.6) is 0 Å². The Morgan fingerprint density at radius 2 is 2.11 bits per heavy atom. The Balaban J connectivity index is 3.58. The molecule has 0 aliphatic heterocycles. The molecule has 2 heteroatoms. The van der Waals surface area contributed by atoms with Gasteiger partial charge in [-0.3, -0.25) is 0 Å². The van der Waals surface area contributed by atoms with Crippen LogP contribution in [0, 0.1) is 0 Å². The Hall–Kier alpha value is 0.310. The Labute approximate surface area is 62.9 Å². The second-order valence-corrected chi connectivity index (χ2v) is 3.98. The minimum Gasteiger partial charge on any atom is -0.393 e. The van der Waals surface area contributed by atoms with Crippen LogP contribution in [0.3, 0.4) is 0 Å². The molecular weight excluding hydrogens is 132 g/mol. The smallest absolute Gasteiger partial charge is 0.0525 e. The molecule has 0 heterocycles. The third kappa shape index (κ3) is 4.79. The molecule has 0 aromatic heterocycles. The zero-order valence-electron chi connectivity index (χ0n) is 6.39. The van der Waals surface area contributed by atoms with E-state index >= 15 is 0 Å². The van der Waals surface area contributed by atoms with Crippen molar-refractivity contribution in [3.8, 4) is 0 Å². The highest BCUT2D eigenvalue weighted by molar-refractivity contribution is 7.81. The molecule has 1 nitrogen and oxygen atoms in total. The van der Waals surface area contributed by atoms with E-state index in [1.54, 1.807) is 6.92 Å². The van der Waals surface area contributed by atoms with Crippen LogP contribution in [-0.4, -0.2) is 16.0 Å². The van der Waals surface area contributed by atoms with Crippen molar-refractivity contribution < 1.29 is 5.11 Å². The molecule has 2 atom stereocenters. The van der Waals surface area contributed by atoms with E-state index in [9.17, 15) is 0 Å². The normalized spacial score (nSPS) is 21.0. The summed E-state index contributed by atoms with van der Waals surface area (Å²) in [6, 6.07) is 0. The van der Waals surface area contributed by atoms with Gasteiger partial charge in [-0.1, -0.05) is 13.8 Å². The number of thiol groups is 1. The molecule has 2 unspecified atom stereocenters. The molecule has 0 amide bonds. The van der Waals surface area contributed by atoms with Gasteiger partial charge in [0.05, 0.1) is 6.10 Å². The summed E-state index contributed by atoms with van der Waals surface area (Å²) in [5, 5.41) is 8.97. The molecule has 0 aromatic rings. The number of rotatable bonds is 3. The monoisotopic (exact) mass is 148 g/mol. The van der Waals surface area contributed by atoms with Crippen molar-refractivity contribution in [1.29, 1.82) is 0 Å². The van der Waals surface area contributed by atoms with Crippen molar-refractivity contribution >= 4 is 12.6 Å². The Bertz CT molecular complexity index is 79.0. The minimum absolute atomic E-state index is 0.00810. The average Bonchev–Trinajstić information content (AvgIpc) is 1.63. The van der Waals surface area contributed by atoms with E-state index in [2.05, 4.69) is 19.6 Å². The lowest BCUT2D eigenvalue weighted by Crippen LogP contribution is -2.21. The van der Waals surface area contributed by atoms with Crippen molar-refractivity contribution in [3.63, 3.8) is 0 Å². The Morgan fingerprint density at radius 1 is 1.67 bits per heavy atom. The minimum atomic E-state index is -0.229. The summed E-state index contributed by atoms with van der Waals surface area (Å²) in [5.74, 6) is 0. The molecule has 0 radical (unpaired) electrons. The molecule has 0 spiro atoms. The number of aliphatic hydroxyl groups excluding tert-OH is 1. The summed E-state index contributed by atoms with van der Waals surface area (Å²) in [4.78, 5) is 0. The van der Waals surface area contributed by atoms with Gasteiger partial charge < -0.3 is 5.11 Å². The maximum absolute atomic E-state index is 8.97. The van der Waals surface area contributed by atoms with Crippen LogP contribution in [0.15, 0.2) is 0 Å². The van der Waals surface area contributed by atoms with Gasteiger partial charge in [-0.05, 0) is 19.8 Å². The average molecular weight is 148 g/mol. The highest BCUT2D eigenvalue weighted by atomic mass is 32.1. The zero-order valence-corrected chi connectivity index (χ0v) is 7.28. The van der Waals surface area contributed by atoms with Crippen LogP contribution < -0.4 is 0 Å². The summed E-state index contributed by atoms with van der Waals surface area (Å²) in [6.07, 6.45) is 1.54. The van der Waals surface area contributed by atoms with E-state index in [1.807, 2.05) is 6.92 Å². The lowest BCUT2D eigenvalue weighted by Gasteiger charge is -2.22. The molecule has 56 valence electrons. The van der Waals surface area contributed by atoms with E-state index in [4.69, 9.17) is 5.11 Å². The number of aliphatic hydroxyl groups is 1. The maximum Gasteiger partial charge on any atom is 0.0525 e. The van der Waals surface area contributed by atoms with Crippen LogP contribution >= 0.6 is 12.6 Å². The van der Waals surface area contributed by atoms with Crippen LogP contribution in [0.4, 0.5) is 0 Å². The molecule has 0 aliphatic carbocycles. The molecular formula is C7H16OS. The van der Waals surface area contributed by atoms with Gasteiger partial charge in [-0.25, -0.2) is 0 Å². The van der Waals surface area contributed by atoms with E-state index in [1.165, 1.54) is 0 Å². The molecule has 0 saturated carbocycles. The van der Waals surface area contributed by atoms with E-state index < -0.39 is 0 Å². The number of hydrogen-bond acceptors (Lipinski definition) is 2. The summed E-state index contributed by atoms with van der Waals surface area (Å²) < 4.78 is 0.00810. The molecule has 0 aromatic carbocycles. The van der Waals surface area contributed by atoms with Gasteiger partial charge in [-0.2, -0.15) is 12.6 Å². The van der Waals surface area contributed by atoms with Crippen molar-refractivity contribution in [2.24, 2.45) is 0 Å². The summed E-state index contributed by atoms with van der Waals surface area (Å²) in [5.41, 5.74) is 0. The fourth-order valence-corrected chi connectivity index (χ4v) is 1.04. The van der Waals surface area contributed by atoms with Gasteiger partial charge >= 0.3 is 0 Å². The molecule has 0 fully saturated rings. The van der Waals surface area contributed by atoms with Gasteiger partial charge in [0, 0.05) is 4.75 Å². The van der Waals surface area contributed by atoms with E-state index in [0.717, 1.165) is 12.8 Å². The maximum atomic E-state index is 8.97. The third-order valence-electron chi connectivity index (χ3n) is 1.50. The van der Waals surface area contributed by atoms with Gasteiger partial charge in [0.2, 0.25) is 0 Å². The first-order valence-electron chi connectivity index (χ1n) is 3.38. The second kappa shape index (κ2) is 3.47. The highest BCUT2D eigenvalue weighted by Gasteiger charge is 2.17. The molecule has 0 bridgehead atoms. The summed E-state index contributed by atoms with van der Waals surface area (Å²) >= 11 is 4.37. The highest BCUT2D eigenvalue weighted by Crippen LogP contribution is 2.23. The molecule has 0 saturated heterocycles. The second-order valence-electron chi connectivity index (χ2n) is 2.90. The van der Waals surface area contributed by atoms with Crippen molar-refractivity contribution in [2.75, 3.05) is 0 Å². The van der Waals surface area contributed by atoms with Crippen molar-refractivity contribution in [3.05, 3.63) is 0 Å². The topological polar surface area (TPSA) is 20.2 Å². The van der Waals surface area contributed by atoms with Crippen molar-refractivity contribution in [1.82, 2.24) is 0 Å². The Kier molecular flexibility index (Phi) is 3.59. The third-order valence-corrected chi connectivity index (χ3v) is 2.00. The van der Waals surface area contributed by atoms with Crippen LogP contribution in [0.2, 0.25) is 0 Å². The van der Waals surface area contributed by atoms with E-state index in [0.29, 0.717) is 0 Å².